The molecule has 10 heavy (non-hydrogen) atoms. The van der Waals surface area contributed by atoms with Crippen molar-refractivity contribution in [1.29, 1.82) is 0 Å². The van der Waals surface area contributed by atoms with Crippen LogP contribution in [0.1, 0.15) is 10.6 Å². The molecule has 1 aromatic heterocycles. The van der Waals surface area contributed by atoms with Crippen molar-refractivity contribution in [3.05, 3.63) is 18.0 Å². The van der Waals surface area contributed by atoms with Gasteiger partial charge < -0.3 is 0 Å². The van der Waals surface area contributed by atoms with Crippen molar-refractivity contribution in [2.24, 2.45) is 0 Å². The third-order valence-corrected chi connectivity index (χ3v) is 2.64. The number of aryl methyl sites for hydroxylation is 1. The first-order valence-electron chi connectivity index (χ1n) is 2.96. The molecule has 1 unspecified atom stereocenters. The van der Waals surface area contributed by atoms with E-state index in [9.17, 15) is 0 Å². The van der Waals surface area contributed by atoms with Gasteiger partial charge in [0.15, 0.2) is 0 Å². The predicted molar refractivity (Wildman–Crippen MR) is 45.6 cm³/mol. The fraction of sp³-hybridized carbons (Fsp3) is 0.500. The van der Waals surface area contributed by atoms with Crippen LogP contribution in [0.4, 0.5) is 0 Å². The molecule has 0 aliphatic rings. The SMILES string of the molecule is Cc1ccnn1C(Br)CCl. The van der Waals surface area contributed by atoms with Gasteiger partial charge in [0.1, 0.15) is 4.95 Å². The molecule has 1 atom stereocenters. The fourth-order valence-corrected chi connectivity index (χ4v) is 1.30. The molecular weight excluding hydrogens is 215 g/mol. The zero-order chi connectivity index (χ0) is 7.56. The Morgan fingerprint density at radius 1 is 1.90 bits per heavy atom. The van der Waals surface area contributed by atoms with Gasteiger partial charge in [-0.05, 0) is 13.0 Å². The van der Waals surface area contributed by atoms with Crippen molar-refractivity contribution in [3.8, 4) is 0 Å². The quantitative estimate of drug-likeness (QED) is 0.704. The number of alkyl halides is 2. The summed E-state index contributed by atoms with van der Waals surface area (Å²) in [5, 5.41) is 4.07. The van der Waals surface area contributed by atoms with Gasteiger partial charge in [-0.2, -0.15) is 5.10 Å². The Kier molecular flexibility index (Phi) is 2.74. The minimum atomic E-state index is 0.115. The molecule has 2 nitrogen and oxygen atoms in total. The second-order valence-corrected chi connectivity index (χ2v) is 3.37. The van der Waals surface area contributed by atoms with Gasteiger partial charge in [-0.15, -0.1) is 11.6 Å². The minimum Gasteiger partial charge on any atom is -0.255 e. The number of halogens is 2. The van der Waals surface area contributed by atoms with E-state index in [2.05, 4.69) is 21.0 Å². The van der Waals surface area contributed by atoms with Crippen LogP contribution in [0.5, 0.6) is 0 Å². The number of aromatic nitrogens is 2. The van der Waals surface area contributed by atoms with E-state index in [0.717, 1.165) is 5.69 Å². The molecule has 0 N–H and O–H groups in total. The first-order valence-corrected chi connectivity index (χ1v) is 4.41. The van der Waals surface area contributed by atoms with E-state index < -0.39 is 0 Å². The Labute approximate surface area is 73.3 Å². The zero-order valence-electron chi connectivity index (χ0n) is 5.59. The van der Waals surface area contributed by atoms with Crippen LogP contribution < -0.4 is 0 Å². The van der Waals surface area contributed by atoms with Crippen molar-refractivity contribution in [1.82, 2.24) is 9.78 Å². The molecule has 4 heteroatoms. The third kappa shape index (κ3) is 1.52. The molecular formula is C6H8BrClN2. The Balaban J connectivity index is 2.82. The van der Waals surface area contributed by atoms with Crippen molar-refractivity contribution < 1.29 is 0 Å². The Bertz CT molecular complexity index is 211. The maximum atomic E-state index is 5.61. The molecule has 0 spiro atoms. The van der Waals surface area contributed by atoms with Crippen molar-refractivity contribution in [2.75, 3.05) is 5.88 Å². The van der Waals surface area contributed by atoms with Gasteiger partial charge in [0.05, 0.1) is 5.88 Å². The molecule has 56 valence electrons. The molecule has 1 aromatic rings. The first kappa shape index (κ1) is 8.08. The van der Waals surface area contributed by atoms with Gasteiger partial charge in [-0.1, -0.05) is 15.9 Å². The first-order chi connectivity index (χ1) is 4.75. The summed E-state index contributed by atoms with van der Waals surface area (Å²) in [6.07, 6.45) is 1.76. The highest BCUT2D eigenvalue weighted by atomic mass is 79.9. The van der Waals surface area contributed by atoms with Crippen LogP contribution in [0.2, 0.25) is 0 Å². The number of nitrogens with zero attached hydrogens (tertiary/aromatic N) is 2. The van der Waals surface area contributed by atoms with Gasteiger partial charge in [0.25, 0.3) is 0 Å². The standard InChI is InChI=1S/C6H8BrClN2/c1-5-2-3-9-10(5)6(7)4-8/h2-3,6H,4H2,1H3. The monoisotopic (exact) mass is 222 g/mol. The summed E-state index contributed by atoms with van der Waals surface area (Å²) in [5.74, 6) is 0.530. The topological polar surface area (TPSA) is 17.8 Å². The van der Waals surface area contributed by atoms with Crippen LogP contribution in [0.25, 0.3) is 0 Å². The number of hydrogen-bond donors (Lipinski definition) is 0. The molecule has 0 aromatic carbocycles. The second kappa shape index (κ2) is 3.39. The maximum Gasteiger partial charge on any atom is 0.120 e. The normalized spacial score (nSPS) is 13.5. The van der Waals surface area contributed by atoms with Gasteiger partial charge in [-0.3, -0.25) is 4.68 Å². The summed E-state index contributed by atoms with van der Waals surface area (Å²) in [6.45, 7) is 1.99. The lowest BCUT2D eigenvalue weighted by Gasteiger charge is -2.07. The highest BCUT2D eigenvalue weighted by Gasteiger charge is 2.05. The fourth-order valence-electron chi connectivity index (χ4n) is 0.739. The molecule has 1 rings (SSSR count). The van der Waals surface area contributed by atoms with Gasteiger partial charge >= 0.3 is 0 Å². The van der Waals surface area contributed by atoms with E-state index in [4.69, 9.17) is 11.6 Å². The largest absolute Gasteiger partial charge is 0.255 e. The average Bonchev–Trinajstić information content (AvgIpc) is 2.34. The highest BCUT2D eigenvalue weighted by molar-refractivity contribution is 9.09. The van der Waals surface area contributed by atoms with E-state index in [1.54, 1.807) is 6.20 Å². The van der Waals surface area contributed by atoms with E-state index in [1.165, 1.54) is 0 Å². The summed E-state index contributed by atoms with van der Waals surface area (Å²) < 4.78 is 1.84. The van der Waals surface area contributed by atoms with Crippen LogP contribution >= 0.6 is 27.5 Å². The molecule has 0 saturated heterocycles. The average molecular weight is 224 g/mol. The lowest BCUT2D eigenvalue weighted by molar-refractivity contribution is 0.637. The molecule has 0 aliphatic heterocycles. The zero-order valence-corrected chi connectivity index (χ0v) is 7.93. The minimum absolute atomic E-state index is 0.115. The lowest BCUT2D eigenvalue weighted by Crippen LogP contribution is -2.06. The Morgan fingerprint density at radius 3 is 3.00 bits per heavy atom. The number of hydrogen-bond acceptors (Lipinski definition) is 1. The van der Waals surface area contributed by atoms with Gasteiger partial charge in [-0.25, -0.2) is 0 Å². The van der Waals surface area contributed by atoms with Crippen LogP contribution in [-0.2, 0) is 0 Å². The summed E-state index contributed by atoms with van der Waals surface area (Å²) in [7, 11) is 0. The van der Waals surface area contributed by atoms with Gasteiger partial charge in [0.2, 0.25) is 0 Å². The highest BCUT2D eigenvalue weighted by Crippen LogP contribution is 2.16. The summed E-state index contributed by atoms with van der Waals surface area (Å²) in [4.78, 5) is 0.115. The molecule has 0 radical (unpaired) electrons. The Hall–Kier alpha value is -0.0200. The van der Waals surface area contributed by atoms with Crippen LogP contribution in [-0.4, -0.2) is 15.7 Å². The van der Waals surface area contributed by atoms with Crippen LogP contribution in [0, 0.1) is 6.92 Å². The number of rotatable bonds is 2. The van der Waals surface area contributed by atoms with Crippen molar-refractivity contribution in [2.45, 2.75) is 11.9 Å². The molecule has 1 heterocycles. The molecule has 0 bridgehead atoms. The van der Waals surface area contributed by atoms with Crippen molar-refractivity contribution in [3.63, 3.8) is 0 Å². The summed E-state index contributed by atoms with van der Waals surface area (Å²) in [6, 6.07) is 1.95. The predicted octanol–water partition coefficient (Wildman–Crippen LogP) is 2.32. The smallest absolute Gasteiger partial charge is 0.120 e. The molecule has 0 amide bonds. The summed E-state index contributed by atoms with van der Waals surface area (Å²) in [5.41, 5.74) is 1.11. The van der Waals surface area contributed by atoms with Crippen molar-refractivity contribution >= 4 is 27.5 Å². The maximum absolute atomic E-state index is 5.61. The molecule has 0 aliphatic carbocycles. The van der Waals surface area contributed by atoms with E-state index in [0.29, 0.717) is 5.88 Å². The lowest BCUT2D eigenvalue weighted by atomic mass is 10.5. The molecule has 0 saturated carbocycles. The van der Waals surface area contributed by atoms with E-state index >= 15 is 0 Å². The van der Waals surface area contributed by atoms with E-state index in [-0.39, 0.29) is 4.95 Å². The van der Waals surface area contributed by atoms with Crippen LogP contribution in [0.3, 0.4) is 0 Å². The third-order valence-electron chi connectivity index (χ3n) is 1.26. The Morgan fingerprint density at radius 2 is 2.60 bits per heavy atom. The molecule has 0 fully saturated rings. The summed E-state index contributed by atoms with van der Waals surface area (Å²) >= 11 is 8.99. The van der Waals surface area contributed by atoms with E-state index in [1.807, 2.05) is 17.7 Å². The van der Waals surface area contributed by atoms with Crippen LogP contribution in [0.15, 0.2) is 12.3 Å². The van der Waals surface area contributed by atoms with Gasteiger partial charge in [0, 0.05) is 11.9 Å². The second-order valence-electron chi connectivity index (χ2n) is 2.01.